The third-order valence-corrected chi connectivity index (χ3v) is 0. The van der Waals surface area contributed by atoms with Crippen LogP contribution in [0.5, 0.6) is 0 Å². The second-order valence-electron chi connectivity index (χ2n) is 0.250. The second kappa shape index (κ2) is 10.3. The van der Waals surface area contributed by atoms with Crippen LogP contribution in [-0.4, -0.2) is 6.16 Å². The van der Waals surface area contributed by atoms with Gasteiger partial charge in [0.05, 0.1) is 0 Å². The molecule has 0 aliphatic carbocycles. The molecule has 0 heterocycles. The van der Waals surface area contributed by atoms with Crippen LogP contribution < -0.4 is 109 Å². The number of hydrogen-bond donors (Lipinski definition) is 0. The van der Waals surface area contributed by atoms with Crippen LogP contribution in [0.1, 0.15) is 0 Å². The smallest absolute Gasteiger partial charge is 0.652 e. The van der Waals surface area contributed by atoms with Crippen molar-refractivity contribution < 1.29 is 113 Å². The minimum Gasteiger partial charge on any atom is -0.652 e. The second-order valence-corrected chi connectivity index (χ2v) is 0.250. The van der Waals surface area contributed by atoms with Gasteiger partial charge in [-0.15, -0.1) is 0 Å². The van der Waals surface area contributed by atoms with Crippen LogP contribution in [0.15, 0.2) is 0 Å². The van der Waals surface area contributed by atoms with Gasteiger partial charge in [0.25, 0.3) is 0 Å². The van der Waals surface area contributed by atoms with Crippen molar-refractivity contribution in [3.63, 3.8) is 0 Å². The summed E-state index contributed by atoms with van der Waals surface area (Å²) in [6.45, 7) is 0. The Morgan fingerprint density at radius 1 is 1.33 bits per heavy atom. The first-order chi connectivity index (χ1) is 1.73. The topological polar surface area (TPSA) is 63.2 Å². The zero-order valence-corrected chi connectivity index (χ0v) is 12.0. The summed E-state index contributed by atoms with van der Waals surface area (Å²) in [5, 5.41) is 16.7. The molecule has 6 heavy (non-hydrogen) atoms. The predicted molar refractivity (Wildman–Crippen MR) is 5.40 cm³/mol. The van der Waals surface area contributed by atoms with E-state index in [4.69, 9.17) is 15.0 Å². The van der Waals surface area contributed by atoms with Gasteiger partial charge in [-0.3, -0.25) is 0 Å². The van der Waals surface area contributed by atoms with Gasteiger partial charge in [0, 0.05) is 0 Å². The molecule has 5 heteroatoms. The maximum atomic E-state index is 8.33. The van der Waals surface area contributed by atoms with Crippen molar-refractivity contribution in [2.75, 3.05) is 0 Å². The summed E-state index contributed by atoms with van der Waals surface area (Å²) in [5.74, 6) is 0. The maximum Gasteiger partial charge on any atom is 1.00 e. The first-order valence-electron chi connectivity index (χ1n) is 0.612. The van der Waals surface area contributed by atoms with Crippen molar-refractivity contribution in [1.29, 1.82) is 0 Å². The molecular weight excluding hydrogens is 216 g/mol. The Labute approximate surface area is 116 Å². The fourth-order valence-electron chi connectivity index (χ4n) is 0. The Bertz CT molecular complexity index is 33.8. The molecule has 0 aliphatic rings. The molecule has 0 atom stereocenters. The van der Waals surface area contributed by atoms with E-state index >= 15 is 0 Å². The Hall–Kier alpha value is 2.32. The van der Waals surface area contributed by atoms with E-state index in [9.17, 15) is 0 Å². The zero-order chi connectivity index (χ0) is 3.58. The summed E-state index contributed by atoms with van der Waals surface area (Å²) >= 11 is 0. The summed E-state index contributed by atoms with van der Waals surface area (Å²) in [7, 11) is 0. The van der Waals surface area contributed by atoms with Crippen LogP contribution in [-0.2, 0) is 0 Å². The fraction of sp³-hybridized carbons (Fsp3) is 0. The summed E-state index contributed by atoms with van der Waals surface area (Å²) in [5.41, 5.74) is 0. The van der Waals surface area contributed by atoms with Gasteiger partial charge in [-0.05, 0) is 6.16 Å². The van der Waals surface area contributed by atoms with Crippen LogP contribution in [0, 0.1) is 0 Å². The molecule has 0 radical (unpaired) electrons. The van der Waals surface area contributed by atoms with E-state index in [1.54, 1.807) is 0 Å². The summed E-state index contributed by atoms with van der Waals surface area (Å²) in [6, 6.07) is 0. The molecule has 0 bridgehead atoms. The maximum absolute atomic E-state index is 8.33. The average molecular weight is 216 g/mol. The summed E-state index contributed by atoms with van der Waals surface area (Å²) < 4.78 is 0. The predicted octanol–water partition coefficient (Wildman–Crippen LogP) is -8.44. The van der Waals surface area contributed by atoms with E-state index in [0.29, 0.717) is 0 Å². The van der Waals surface area contributed by atoms with Crippen molar-refractivity contribution >= 4 is 6.16 Å². The third-order valence-electron chi connectivity index (χ3n) is 0. The van der Waals surface area contributed by atoms with Crippen molar-refractivity contribution in [3.05, 3.63) is 0 Å². The van der Waals surface area contributed by atoms with Crippen LogP contribution in [0.25, 0.3) is 0 Å². The minimum atomic E-state index is -2.33. The van der Waals surface area contributed by atoms with Crippen LogP contribution >= 0.6 is 0 Å². The van der Waals surface area contributed by atoms with Crippen molar-refractivity contribution in [1.82, 2.24) is 0 Å². The molecule has 0 fully saturated rings. The average Bonchev–Trinajstić information content (AvgIpc) is 0.811. The van der Waals surface area contributed by atoms with Crippen LogP contribution in [0.4, 0.5) is 4.79 Å². The molecule has 0 spiro atoms. The van der Waals surface area contributed by atoms with Gasteiger partial charge in [0.15, 0.2) is 0 Å². The van der Waals surface area contributed by atoms with Crippen molar-refractivity contribution in [3.8, 4) is 0 Å². The molecule has 0 saturated heterocycles. The Morgan fingerprint density at radius 3 is 1.33 bits per heavy atom. The monoisotopic (exact) mass is 216 g/mol. The SMILES string of the molecule is O=C([O-])[O-].[Cs+].[Na+]. The Balaban J connectivity index is -0.0000000450. The van der Waals surface area contributed by atoms with E-state index in [2.05, 4.69) is 0 Å². The van der Waals surface area contributed by atoms with E-state index in [1.165, 1.54) is 0 Å². The van der Waals surface area contributed by atoms with E-state index in [0.717, 1.165) is 0 Å². The molecule has 0 aromatic heterocycles. The molecule has 0 unspecified atom stereocenters. The minimum absolute atomic E-state index is 0. The van der Waals surface area contributed by atoms with Gasteiger partial charge in [-0.1, -0.05) is 0 Å². The van der Waals surface area contributed by atoms with Gasteiger partial charge in [0.2, 0.25) is 0 Å². The summed E-state index contributed by atoms with van der Waals surface area (Å²) in [6.07, 6.45) is -2.33. The van der Waals surface area contributed by atoms with Crippen LogP contribution in [0.2, 0.25) is 0 Å². The molecule has 0 aliphatic heterocycles. The van der Waals surface area contributed by atoms with E-state index < -0.39 is 6.16 Å². The van der Waals surface area contributed by atoms with Crippen molar-refractivity contribution in [2.45, 2.75) is 0 Å². The standard InChI is InChI=1S/CH2O3.Cs.Na/c2-1(3)4;;/h(H2,2,3,4);;/q;2*+1/p-2. The molecule has 0 saturated carbocycles. The molecule has 0 aromatic rings. The number of rotatable bonds is 0. The molecule has 0 rings (SSSR count). The Morgan fingerprint density at radius 2 is 1.33 bits per heavy atom. The fourth-order valence-corrected chi connectivity index (χ4v) is 0. The van der Waals surface area contributed by atoms with E-state index in [1.807, 2.05) is 0 Å². The summed E-state index contributed by atoms with van der Waals surface area (Å²) in [4.78, 5) is 8.33. The van der Waals surface area contributed by atoms with Gasteiger partial charge < -0.3 is 15.0 Å². The zero-order valence-electron chi connectivity index (χ0n) is 3.72. The quantitative estimate of drug-likeness (QED) is 0.378. The van der Waals surface area contributed by atoms with E-state index in [-0.39, 0.29) is 98.5 Å². The van der Waals surface area contributed by atoms with Gasteiger partial charge >= 0.3 is 98.5 Å². The molecule has 0 amide bonds. The molecule has 3 nitrogen and oxygen atoms in total. The first-order valence-corrected chi connectivity index (χ1v) is 0.612. The normalized spacial score (nSPS) is 4.00. The van der Waals surface area contributed by atoms with Crippen LogP contribution in [0.3, 0.4) is 0 Å². The largest absolute Gasteiger partial charge is 1.00 e. The Kier molecular flexibility index (Phi) is 27.1. The number of carbonyl (C=O) groups excluding carboxylic acids is 1. The molecule has 0 aromatic carbocycles. The number of hydrogen-bond acceptors (Lipinski definition) is 3. The van der Waals surface area contributed by atoms with Gasteiger partial charge in [-0.25, -0.2) is 0 Å². The van der Waals surface area contributed by atoms with Gasteiger partial charge in [-0.2, -0.15) is 0 Å². The third kappa shape index (κ3) is 33.2. The molecule has 24 valence electrons. The molecular formula is CCsNaO3. The number of carbonyl (C=O) groups is 1. The number of carboxylic acid groups (broad SMARTS) is 2. The first kappa shape index (κ1) is 15.8. The van der Waals surface area contributed by atoms with Crippen molar-refractivity contribution in [2.24, 2.45) is 0 Å². The van der Waals surface area contributed by atoms with Gasteiger partial charge in [0.1, 0.15) is 0 Å². The molecule has 0 N–H and O–H groups in total.